The van der Waals surface area contributed by atoms with Gasteiger partial charge in [-0.25, -0.2) is 0 Å². The molecule has 0 aliphatic heterocycles. The summed E-state index contributed by atoms with van der Waals surface area (Å²) in [6, 6.07) is 17.2. The van der Waals surface area contributed by atoms with E-state index in [-0.39, 0.29) is 41.6 Å². The van der Waals surface area contributed by atoms with Gasteiger partial charge in [-0.1, -0.05) is 48.5 Å². The van der Waals surface area contributed by atoms with Crippen molar-refractivity contribution in [1.29, 1.82) is 0 Å². The molecule has 29 heavy (non-hydrogen) atoms. The van der Waals surface area contributed by atoms with Gasteiger partial charge in [0.15, 0.2) is 5.78 Å². The highest BCUT2D eigenvalue weighted by molar-refractivity contribution is 6.09. The first-order chi connectivity index (χ1) is 13.2. The molecule has 0 saturated carbocycles. The molecule has 1 amide bonds. The summed E-state index contributed by atoms with van der Waals surface area (Å²) in [6.07, 6.45) is 0.941. The number of carbonyl (C=O) groups excluding carboxylic acids is 2. The number of quaternary nitrogens is 1. The van der Waals surface area contributed by atoms with Crippen molar-refractivity contribution in [2.45, 2.75) is 39.2 Å². The van der Waals surface area contributed by atoms with E-state index >= 15 is 0 Å². The average molecular weight is 508 g/mol. The first kappa shape index (κ1) is 25.3. The van der Waals surface area contributed by atoms with Crippen LogP contribution in [0.25, 0.3) is 0 Å². The number of nitrogens with one attached hydrogen (secondary N) is 1. The number of amides is 1. The fourth-order valence-electron chi connectivity index (χ4n) is 2.97. The van der Waals surface area contributed by atoms with E-state index in [2.05, 4.69) is 33.3 Å². The lowest BCUT2D eigenvalue weighted by molar-refractivity contribution is -0.911. The van der Waals surface area contributed by atoms with Gasteiger partial charge in [0, 0.05) is 24.1 Å². The second-order valence-electron chi connectivity index (χ2n) is 8.28. The normalized spacial score (nSPS) is 12.2. The van der Waals surface area contributed by atoms with E-state index in [9.17, 15) is 9.59 Å². The highest BCUT2D eigenvalue weighted by atomic mass is 127. The van der Waals surface area contributed by atoms with Crippen LogP contribution in [0.1, 0.15) is 54.6 Å². The Labute approximate surface area is 192 Å². The predicted octanol–water partition coefficient (Wildman–Crippen LogP) is 1.02. The molecule has 0 aromatic heterocycles. The van der Waals surface area contributed by atoms with Crippen molar-refractivity contribution < 1.29 is 38.0 Å². The third-order valence-electron chi connectivity index (χ3n) is 5.69. The Balaban J connectivity index is 0.00000420. The van der Waals surface area contributed by atoms with Crippen LogP contribution in [0.5, 0.6) is 0 Å². The molecule has 5 heteroatoms. The van der Waals surface area contributed by atoms with Crippen LogP contribution in [-0.2, 0) is 4.79 Å². The molecule has 0 fully saturated rings. The van der Waals surface area contributed by atoms with Crippen LogP contribution in [0, 0.1) is 0 Å². The first-order valence-corrected chi connectivity index (χ1v) is 10.0. The van der Waals surface area contributed by atoms with E-state index in [1.807, 2.05) is 55.5 Å². The number of nitrogens with zero attached hydrogens (tertiary/aromatic N) is 1. The molecule has 1 atom stereocenters. The zero-order valence-corrected chi connectivity index (χ0v) is 20.3. The Morgan fingerprint density at radius 3 is 2.17 bits per heavy atom. The van der Waals surface area contributed by atoms with Crippen molar-refractivity contribution in [3.8, 4) is 0 Å². The second kappa shape index (κ2) is 11.5. The summed E-state index contributed by atoms with van der Waals surface area (Å²) < 4.78 is 0.940. The maximum atomic E-state index is 12.6. The molecule has 2 aromatic carbocycles. The average Bonchev–Trinajstić information content (AvgIpc) is 2.70. The summed E-state index contributed by atoms with van der Waals surface area (Å²) in [5, 5.41) is 3.04. The number of benzene rings is 2. The molecule has 0 bridgehead atoms. The monoisotopic (exact) mass is 508 g/mol. The Morgan fingerprint density at radius 1 is 0.931 bits per heavy atom. The minimum atomic E-state index is -0.295. The smallest absolute Gasteiger partial charge is 0.227 e. The van der Waals surface area contributed by atoms with Crippen LogP contribution in [0.3, 0.4) is 0 Å². The van der Waals surface area contributed by atoms with Gasteiger partial charge in [0.1, 0.15) is 0 Å². The van der Waals surface area contributed by atoms with Crippen LogP contribution >= 0.6 is 0 Å². The number of carbonyl (C=O) groups is 2. The van der Waals surface area contributed by atoms with E-state index in [4.69, 9.17) is 0 Å². The molecule has 0 saturated heterocycles. The van der Waals surface area contributed by atoms with Gasteiger partial charge in [0.2, 0.25) is 5.91 Å². The molecule has 0 aliphatic carbocycles. The van der Waals surface area contributed by atoms with Crippen molar-refractivity contribution in [1.82, 2.24) is 5.32 Å². The van der Waals surface area contributed by atoms with E-state index in [0.29, 0.717) is 23.7 Å². The maximum absolute atomic E-state index is 12.6. The van der Waals surface area contributed by atoms with Gasteiger partial charge < -0.3 is 33.8 Å². The van der Waals surface area contributed by atoms with Gasteiger partial charge in [-0.05, 0) is 32.4 Å². The van der Waals surface area contributed by atoms with Crippen LogP contribution in [0.2, 0.25) is 0 Å². The zero-order valence-electron chi connectivity index (χ0n) is 18.1. The highest BCUT2D eigenvalue weighted by Gasteiger charge is 2.20. The lowest BCUT2D eigenvalue weighted by Crippen LogP contribution is -3.00. The Bertz CT molecular complexity index is 804. The SMILES string of the molecule is CC(C(=O)NCCC[N+](C)(C)C(C)C)c1cccc(C(=O)c2ccccc2)c1.[I-]. The Hall–Kier alpha value is -1.73. The number of ketones is 1. The second-order valence-corrected chi connectivity index (χ2v) is 8.28. The maximum Gasteiger partial charge on any atom is 0.227 e. The van der Waals surface area contributed by atoms with Crippen LogP contribution in [-0.4, -0.2) is 49.4 Å². The van der Waals surface area contributed by atoms with Crippen molar-refractivity contribution in [3.63, 3.8) is 0 Å². The van der Waals surface area contributed by atoms with Crippen LogP contribution < -0.4 is 29.3 Å². The van der Waals surface area contributed by atoms with E-state index in [0.717, 1.165) is 23.0 Å². The Morgan fingerprint density at radius 2 is 1.55 bits per heavy atom. The van der Waals surface area contributed by atoms with E-state index in [1.54, 1.807) is 6.07 Å². The largest absolute Gasteiger partial charge is 1.00 e. The van der Waals surface area contributed by atoms with Crippen molar-refractivity contribution in [2.75, 3.05) is 27.2 Å². The molecular weight excluding hydrogens is 475 g/mol. The number of hydrogen-bond acceptors (Lipinski definition) is 2. The lowest BCUT2D eigenvalue weighted by atomic mass is 9.95. The summed E-state index contributed by atoms with van der Waals surface area (Å²) >= 11 is 0. The molecule has 0 spiro atoms. The summed E-state index contributed by atoms with van der Waals surface area (Å²) in [7, 11) is 4.43. The van der Waals surface area contributed by atoms with Crippen LogP contribution in [0.15, 0.2) is 54.6 Å². The quantitative estimate of drug-likeness (QED) is 0.238. The fraction of sp³-hybridized carbons (Fsp3) is 0.417. The molecule has 0 heterocycles. The standard InChI is InChI=1S/C24H32N2O2.HI/c1-18(2)26(4,5)16-10-15-25-24(28)19(3)21-13-9-14-22(17-21)23(27)20-11-7-6-8-12-20;/h6-9,11-14,17-19H,10,15-16H2,1-5H3;1H. The highest BCUT2D eigenvalue weighted by Crippen LogP contribution is 2.19. The van der Waals surface area contributed by atoms with E-state index < -0.39 is 0 Å². The van der Waals surface area contributed by atoms with Gasteiger partial charge in [0.25, 0.3) is 0 Å². The van der Waals surface area contributed by atoms with Crippen molar-refractivity contribution in [3.05, 3.63) is 71.3 Å². The van der Waals surface area contributed by atoms with Gasteiger partial charge in [-0.2, -0.15) is 0 Å². The van der Waals surface area contributed by atoms with Crippen molar-refractivity contribution in [2.24, 2.45) is 0 Å². The molecule has 1 N–H and O–H groups in total. The minimum Gasteiger partial charge on any atom is -1.00 e. The molecule has 1 unspecified atom stereocenters. The number of halogens is 1. The Kier molecular flexibility index (Phi) is 10.00. The summed E-state index contributed by atoms with van der Waals surface area (Å²) in [5.74, 6) is -0.320. The van der Waals surface area contributed by atoms with Gasteiger partial charge in [0.05, 0.1) is 32.6 Å². The molecule has 0 aliphatic rings. The third-order valence-corrected chi connectivity index (χ3v) is 5.69. The topological polar surface area (TPSA) is 46.2 Å². The molecule has 2 aromatic rings. The predicted molar refractivity (Wildman–Crippen MR) is 114 cm³/mol. The van der Waals surface area contributed by atoms with Crippen molar-refractivity contribution >= 4 is 11.7 Å². The molecular formula is C24H33IN2O2. The zero-order chi connectivity index (χ0) is 20.7. The molecule has 2 rings (SSSR count). The summed E-state index contributed by atoms with van der Waals surface area (Å²) in [5.41, 5.74) is 2.12. The first-order valence-electron chi connectivity index (χ1n) is 10.0. The van der Waals surface area contributed by atoms with Gasteiger partial charge in [-0.3, -0.25) is 9.59 Å². The third kappa shape index (κ3) is 7.23. The molecule has 158 valence electrons. The number of hydrogen-bond donors (Lipinski definition) is 1. The minimum absolute atomic E-state index is 0. The van der Waals surface area contributed by atoms with Gasteiger partial charge in [-0.15, -0.1) is 0 Å². The van der Waals surface area contributed by atoms with E-state index in [1.165, 1.54) is 0 Å². The van der Waals surface area contributed by atoms with Gasteiger partial charge >= 0.3 is 0 Å². The lowest BCUT2D eigenvalue weighted by Gasteiger charge is -2.34. The summed E-state index contributed by atoms with van der Waals surface area (Å²) in [6.45, 7) is 8.00. The number of rotatable bonds is 9. The molecule has 0 radical (unpaired) electrons. The molecule has 4 nitrogen and oxygen atoms in total. The summed E-state index contributed by atoms with van der Waals surface area (Å²) in [4.78, 5) is 25.2. The fourth-order valence-corrected chi connectivity index (χ4v) is 2.97. The van der Waals surface area contributed by atoms with Crippen LogP contribution in [0.4, 0.5) is 0 Å².